The van der Waals surface area contributed by atoms with Gasteiger partial charge in [-0.2, -0.15) is 0 Å². The lowest BCUT2D eigenvalue weighted by molar-refractivity contribution is -0.385. The van der Waals surface area contributed by atoms with Crippen molar-refractivity contribution in [2.45, 2.75) is 0 Å². The Morgan fingerprint density at radius 1 is 1.71 bits per heavy atom. The number of amides is 1. The first kappa shape index (κ1) is 10.4. The summed E-state index contributed by atoms with van der Waals surface area (Å²) in [4.78, 5) is 24.5. The van der Waals surface area contributed by atoms with Crippen molar-refractivity contribution >= 4 is 23.2 Å². The van der Waals surface area contributed by atoms with Gasteiger partial charge >= 0.3 is 5.69 Å². The van der Waals surface area contributed by atoms with Crippen LogP contribution in [0.2, 0.25) is 5.15 Å². The first-order valence-electron chi connectivity index (χ1n) is 3.59. The van der Waals surface area contributed by atoms with E-state index in [4.69, 9.17) is 11.6 Å². The predicted molar refractivity (Wildman–Crippen MR) is 49.3 cm³/mol. The molecular weight excluding hydrogens is 210 g/mol. The lowest BCUT2D eigenvalue weighted by Crippen LogP contribution is -2.19. The number of rotatable bonds is 2. The van der Waals surface area contributed by atoms with Crippen LogP contribution in [0, 0.1) is 10.1 Å². The first-order chi connectivity index (χ1) is 6.57. The second kappa shape index (κ2) is 4.01. The van der Waals surface area contributed by atoms with Crippen LogP contribution < -0.4 is 5.32 Å². The van der Waals surface area contributed by atoms with Crippen LogP contribution in [0.5, 0.6) is 0 Å². The molecule has 0 bridgehead atoms. The van der Waals surface area contributed by atoms with E-state index in [1.807, 2.05) is 0 Å². The molecule has 0 unspecified atom stereocenters. The second-order valence-corrected chi connectivity index (χ2v) is 2.69. The van der Waals surface area contributed by atoms with E-state index in [1.54, 1.807) is 0 Å². The second-order valence-electron chi connectivity index (χ2n) is 2.33. The van der Waals surface area contributed by atoms with Gasteiger partial charge in [-0.05, 0) is 6.07 Å². The maximum atomic E-state index is 11.2. The van der Waals surface area contributed by atoms with Crippen LogP contribution in [0.3, 0.4) is 0 Å². The van der Waals surface area contributed by atoms with E-state index in [-0.39, 0.29) is 10.7 Å². The monoisotopic (exact) mass is 215 g/mol. The molecule has 6 nitrogen and oxygen atoms in total. The highest BCUT2D eigenvalue weighted by Gasteiger charge is 2.23. The summed E-state index contributed by atoms with van der Waals surface area (Å²) >= 11 is 5.49. The maximum Gasteiger partial charge on any atom is 0.319 e. The minimum Gasteiger partial charge on any atom is -0.355 e. The van der Waals surface area contributed by atoms with Crippen molar-refractivity contribution in [3.05, 3.63) is 33.1 Å². The van der Waals surface area contributed by atoms with Crippen LogP contribution in [0.4, 0.5) is 5.69 Å². The summed E-state index contributed by atoms with van der Waals surface area (Å²) in [5, 5.41) is 12.5. The number of pyridine rings is 1. The van der Waals surface area contributed by atoms with E-state index in [0.717, 1.165) is 0 Å². The molecule has 0 aliphatic rings. The molecule has 0 spiro atoms. The van der Waals surface area contributed by atoms with Crippen molar-refractivity contribution in [3.63, 3.8) is 0 Å². The van der Waals surface area contributed by atoms with Gasteiger partial charge in [-0.15, -0.1) is 0 Å². The van der Waals surface area contributed by atoms with E-state index in [1.165, 1.54) is 19.3 Å². The van der Waals surface area contributed by atoms with Crippen LogP contribution in [0.25, 0.3) is 0 Å². The fourth-order valence-corrected chi connectivity index (χ4v) is 1.15. The van der Waals surface area contributed by atoms with Gasteiger partial charge < -0.3 is 5.32 Å². The maximum absolute atomic E-state index is 11.2. The molecule has 7 heteroatoms. The van der Waals surface area contributed by atoms with Gasteiger partial charge in [-0.25, -0.2) is 4.98 Å². The van der Waals surface area contributed by atoms with E-state index in [9.17, 15) is 14.9 Å². The molecule has 0 fully saturated rings. The molecule has 1 amide bonds. The highest BCUT2D eigenvalue weighted by Crippen LogP contribution is 2.25. The highest BCUT2D eigenvalue weighted by atomic mass is 35.5. The first-order valence-corrected chi connectivity index (χ1v) is 3.96. The zero-order chi connectivity index (χ0) is 10.7. The highest BCUT2D eigenvalue weighted by molar-refractivity contribution is 6.32. The summed E-state index contributed by atoms with van der Waals surface area (Å²) in [6.45, 7) is 0. The molecule has 1 aromatic heterocycles. The Morgan fingerprint density at radius 3 is 2.86 bits per heavy atom. The molecular formula is C7H6ClN3O3. The molecule has 0 aliphatic carbocycles. The van der Waals surface area contributed by atoms with Gasteiger partial charge in [0.25, 0.3) is 5.91 Å². The van der Waals surface area contributed by atoms with E-state index >= 15 is 0 Å². The van der Waals surface area contributed by atoms with Crippen LogP contribution >= 0.6 is 11.6 Å². The Morgan fingerprint density at radius 2 is 2.36 bits per heavy atom. The number of aromatic nitrogens is 1. The van der Waals surface area contributed by atoms with Crippen molar-refractivity contribution in [1.29, 1.82) is 0 Å². The van der Waals surface area contributed by atoms with Crippen LogP contribution in [0.1, 0.15) is 10.4 Å². The number of carbonyl (C=O) groups is 1. The topological polar surface area (TPSA) is 85.1 Å². The normalized spacial score (nSPS) is 9.57. The molecule has 1 aromatic rings. The SMILES string of the molecule is CNC(=O)c1ccnc(Cl)c1[N+](=O)[O-]. The molecule has 0 saturated heterocycles. The van der Waals surface area contributed by atoms with Gasteiger partial charge in [0.15, 0.2) is 0 Å². The molecule has 0 radical (unpaired) electrons. The van der Waals surface area contributed by atoms with Crippen molar-refractivity contribution in [3.8, 4) is 0 Å². The number of halogens is 1. The van der Waals surface area contributed by atoms with Crippen LogP contribution in [-0.4, -0.2) is 22.9 Å². The smallest absolute Gasteiger partial charge is 0.319 e. The Kier molecular flexibility index (Phi) is 2.98. The number of nitro groups is 1. The lowest BCUT2D eigenvalue weighted by Gasteiger charge is -2.01. The zero-order valence-corrected chi connectivity index (χ0v) is 7.91. The fourth-order valence-electron chi connectivity index (χ4n) is 0.920. The Bertz CT molecular complexity index is 394. The number of nitrogens with one attached hydrogen (secondary N) is 1. The molecule has 14 heavy (non-hydrogen) atoms. The molecule has 0 atom stereocenters. The molecule has 1 N–H and O–H groups in total. The zero-order valence-electron chi connectivity index (χ0n) is 7.15. The third kappa shape index (κ3) is 1.80. The fraction of sp³-hybridized carbons (Fsp3) is 0.143. The van der Waals surface area contributed by atoms with Crippen LogP contribution in [0.15, 0.2) is 12.3 Å². The summed E-state index contributed by atoms with van der Waals surface area (Å²) < 4.78 is 0. The van der Waals surface area contributed by atoms with E-state index in [0.29, 0.717) is 0 Å². The molecule has 0 aromatic carbocycles. The van der Waals surface area contributed by atoms with Crippen molar-refractivity contribution < 1.29 is 9.72 Å². The lowest BCUT2D eigenvalue weighted by atomic mass is 10.2. The van der Waals surface area contributed by atoms with Gasteiger partial charge in [0.05, 0.1) is 4.92 Å². The third-order valence-corrected chi connectivity index (χ3v) is 1.81. The third-order valence-electron chi connectivity index (χ3n) is 1.53. The number of nitrogens with zero attached hydrogens (tertiary/aromatic N) is 2. The molecule has 0 aliphatic heterocycles. The number of carbonyl (C=O) groups excluding carboxylic acids is 1. The Labute approximate surface area is 84.0 Å². The molecule has 74 valence electrons. The van der Waals surface area contributed by atoms with Crippen molar-refractivity contribution in [1.82, 2.24) is 10.3 Å². The molecule has 1 heterocycles. The molecule has 1 rings (SSSR count). The van der Waals surface area contributed by atoms with Gasteiger partial charge in [-0.1, -0.05) is 11.6 Å². The summed E-state index contributed by atoms with van der Waals surface area (Å²) in [6, 6.07) is 1.24. The van der Waals surface area contributed by atoms with E-state index < -0.39 is 16.5 Å². The van der Waals surface area contributed by atoms with Crippen LogP contribution in [-0.2, 0) is 0 Å². The average Bonchev–Trinajstić information content (AvgIpc) is 2.15. The van der Waals surface area contributed by atoms with Crippen molar-refractivity contribution in [2.75, 3.05) is 7.05 Å². The largest absolute Gasteiger partial charge is 0.355 e. The average molecular weight is 216 g/mol. The Balaban J connectivity index is 3.35. The van der Waals surface area contributed by atoms with Gasteiger partial charge in [-0.3, -0.25) is 14.9 Å². The minimum absolute atomic E-state index is 0.0995. The predicted octanol–water partition coefficient (Wildman–Crippen LogP) is 1.00. The standard InChI is InChI=1S/C7H6ClN3O3/c1-9-7(12)4-2-3-10-6(8)5(4)11(13)14/h2-3H,1H3,(H,9,12). The minimum atomic E-state index is -0.736. The van der Waals surface area contributed by atoms with Gasteiger partial charge in [0.1, 0.15) is 5.56 Å². The quantitative estimate of drug-likeness (QED) is 0.453. The Hall–Kier alpha value is -1.69. The molecule has 0 saturated carbocycles. The number of hydrogen-bond donors (Lipinski definition) is 1. The van der Waals surface area contributed by atoms with Gasteiger partial charge in [0, 0.05) is 13.2 Å². The van der Waals surface area contributed by atoms with Crippen molar-refractivity contribution in [2.24, 2.45) is 0 Å². The summed E-state index contributed by atoms with van der Waals surface area (Å²) in [5.41, 5.74) is -0.578. The summed E-state index contributed by atoms with van der Waals surface area (Å²) in [6.07, 6.45) is 1.24. The summed E-state index contributed by atoms with van der Waals surface area (Å²) in [5.74, 6) is -0.569. The van der Waals surface area contributed by atoms with Gasteiger partial charge in [0.2, 0.25) is 5.15 Å². The van der Waals surface area contributed by atoms with E-state index in [2.05, 4.69) is 10.3 Å². The summed E-state index contributed by atoms with van der Waals surface area (Å²) in [7, 11) is 1.38. The number of hydrogen-bond acceptors (Lipinski definition) is 4.